The van der Waals surface area contributed by atoms with Crippen LogP contribution in [0.3, 0.4) is 0 Å². The van der Waals surface area contributed by atoms with E-state index < -0.39 is 0 Å². The number of aryl methyl sites for hydroxylation is 1. The second-order valence-electron chi connectivity index (χ2n) is 3.11. The van der Waals surface area contributed by atoms with E-state index in [1.54, 1.807) is 6.20 Å². The largest absolute Gasteiger partial charge is 0.398 e. The van der Waals surface area contributed by atoms with Crippen molar-refractivity contribution in [1.29, 1.82) is 0 Å². The number of nitrogen functional groups attached to an aromatic ring is 1. The number of unbranched alkanes of at least 4 members (excludes halogenated alkanes) is 2. The van der Waals surface area contributed by atoms with Crippen LogP contribution >= 0.6 is 0 Å². The summed E-state index contributed by atoms with van der Waals surface area (Å²) in [5.74, 6) is 0. The standard InChI is InChI=1S/C11H16N2/c1-2-3-4-5-6-10-9-13-8-7-11(10)12/h2,7-9H,1,3-6H2,(H2,12,13). The number of rotatable bonds is 5. The third-order valence-electron chi connectivity index (χ3n) is 2.05. The molecule has 1 rings (SSSR count). The van der Waals surface area contributed by atoms with E-state index >= 15 is 0 Å². The van der Waals surface area contributed by atoms with Gasteiger partial charge in [-0.25, -0.2) is 0 Å². The maximum Gasteiger partial charge on any atom is 0.0377 e. The van der Waals surface area contributed by atoms with Crippen molar-refractivity contribution in [2.24, 2.45) is 0 Å². The zero-order chi connectivity index (χ0) is 9.52. The minimum atomic E-state index is 0.855. The van der Waals surface area contributed by atoms with Gasteiger partial charge in [0.15, 0.2) is 0 Å². The minimum Gasteiger partial charge on any atom is -0.398 e. The smallest absolute Gasteiger partial charge is 0.0377 e. The molecular formula is C11H16N2. The van der Waals surface area contributed by atoms with Gasteiger partial charge in [0, 0.05) is 18.1 Å². The van der Waals surface area contributed by atoms with Gasteiger partial charge in [0.25, 0.3) is 0 Å². The number of hydrogen-bond acceptors (Lipinski definition) is 2. The highest BCUT2D eigenvalue weighted by atomic mass is 14.7. The summed E-state index contributed by atoms with van der Waals surface area (Å²) in [6.07, 6.45) is 9.96. The molecule has 1 aromatic heterocycles. The van der Waals surface area contributed by atoms with Crippen LogP contribution in [0.1, 0.15) is 24.8 Å². The average molecular weight is 176 g/mol. The van der Waals surface area contributed by atoms with Gasteiger partial charge in [-0.15, -0.1) is 6.58 Å². The highest BCUT2D eigenvalue weighted by molar-refractivity contribution is 5.44. The van der Waals surface area contributed by atoms with Crippen LogP contribution in [-0.4, -0.2) is 4.98 Å². The molecule has 2 heteroatoms. The fourth-order valence-corrected chi connectivity index (χ4v) is 1.25. The predicted molar refractivity (Wildman–Crippen MR) is 56.4 cm³/mol. The number of pyridine rings is 1. The summed E-state index contributed by atoms with van der Waals surface area (Å²) < 4.78 is 0. The first-order valence-electron chi connectivity index (χ1n) is 4.64. The van der Waals surface area contributed by atoms with Crippen LogP contribution in [-0.2, 0) is 6.42 Å². The number of nitrogens with two attached hydrogens (primary N) is 1. The molecule has 0 spiro atoms. The average Bonchev–Trinajstić information content (AvgIpc) is 2.15. The minimum absolute atomic E-state index is 0.855. The molecular weight excluding hydrogens is 160 g/mol. The fraction of sp³-hybridized carbons (Fsp3) is 0.364. The number of anilines is 1. The Kier molecular flexibility index (Phi) is 4.03. The van der Waals surface area contributed by atoms with Crippen molar-refractivity contribution in [3.63, 3.8) is 0 Å². The Morgan fingerprint density at radius 3 is 3.00 bits per heavy atom. The van der Waals surface area contributed by atoms with Gasteiger partial charge < -0.3 is 5.73 Å². The van der Waals surface area contributed by atoms with E-state index in [1.807, 2.05) is 18.3 Å². The Morgan fingerprint density at radius 2 is 2.31 bits per heavy atom. The monoisotopic (exact) mass is 176 g/mol. The quantitative estimate of drug-likeness (QED) is 0.553. The predicted octanol–water partition coefficient (Wildman–Crippen LogP) is 2.56. The molecule has 2 nitrogen and oxygen atoms in total. The van der Waals surface area contributed by atoms with E-state index in [2.05, 4.69) is 11.6 Å². The molecule has 0 saturated carbocycles. The highest BCUT2D eigenvalue weighted by Gasteiger charge is 1.97. The lowest BCUT2D eigenvalue weighted by atomic mass is 10.1. The molecule has 0 aliphatic rings. The van der Waals surface area contributed by atoms with E-state index in [-0.39, 0.29) is 0 Å². The van der Waals surface area contributed by atoms with E-state index in [0.29, 0.717) is 0 Å². The van der Waals surface area contributed by atoms with Crippen LogP contribution in [0.15, 0.2) is 31.1 Å². The second kappa shape index (κ2) is 5.36. The van der Waals surface area contributed by atoms with Crippen LogP contribution < -0.4 is 5.73 Å². The lowest BCUT2D eigenvalue weighted by molar-refractivity contribution is 0.747. The van der Waals surface area contributed by atoms with E-state index in [1.165, 1.54) is 6.42 Å². The zero-order valence-corrected chi connectivity index (χ0v) is 7.87. The normalized spacial score (nSPS) is 9.85. The lowest BCUT2D eigenvalue weighted by Crippen LogP contribution is -1.95. The molecule has 0 aliphatic carbocycles. The summed E-state index contributed by atoms with van der Waals surface area (Å²) >= 11 is 0. The first-order valence-corrected chi connectivity index (χ1v) is 4.64. The molecule has 0 unspecified atom stereocenters. The van der Waals surface area contributed by atoms with Crippen molar-refractivity contribution in [2.75, 3.05) is 5.73 Å². The molecule has 0 radical (unpaired) electrons. The van der Waals surface area contributed by atoms with Crippen molar-refractivity contribution in [1.82, 2.24) is 4.98 Å². The molecule has 2 N–H and O–H groups in total. The molecule has 0 aliphatic heterocycles. The summed E-state index contributed by atoms with van der Waals surface area (Å²) in [5, 5.41) is 0. The van der Waals surface area contributed by atoms with Crippen molar-refractivity contribution in [3.05, 3.63) is 36.7 Å². The van der Waals surface area contributed by atoms with Gasteiger partial charge >= 0.3 is 0 Å². The zero-order valence-electron chi connectivity index (χ0n) is 7.87. The maximum absolute atomic E-state index is 5.78. The highest BCUT2D eigenvalue weighted by Crippen LogP contribution is 2.12. The van der Waals surface area contributed by atoms with Crippen molar-refractivity contribution < 1.29 is 0 Å². The van der Waals surface area contributed by atoms with Crippen molar-refractivity contribution >= 4 is 5.69 Å². The van der Waals surface area contributed by atoms with Crippen LogP contribution in [0.25, 0.3) is 0 Å². The number of hydrogen-bond donors (Lipinski definition) is 1. The van der Waals surface area contributed by atoms with E-state index in [4.69, 9.17) is 5.73 Å². The Morgan fingerprint density at radius 1 is 1.46 bits per heavy atom. The van der Waals surface area contributed by atoms with Gasteiger partial charge in [-0.05, 0) is 37.3 Å². The molecule has 0 aromatic carbocycles. The fourth-order valence-electron chi connectivity index (χ4n) is 1.25. The SMILES string of the molecule is C=CCCCCc1cnccc1N. The van der Waals surface area contributed by atoms with Gasteiger partial charge in [0.05, 0.1) is 0 Å². The van der Waals surface area contributed by atoms with Gasteiger partial charge in [-0.2, -0.15) is 0 Å². The van der Waals surface area contributed by atoms with Crippen LogP contribution in [0, 0.1) is 0 Å². The summed E-state index contributed by atoms with van der Waals surface area (Å²) in [6.45, 7) is 3.69. The van der Waals surface area contributed by atoms with E-state index in [9.17, 15) is 0 Å². The molecule has 0 fully saturated rings. The van der Waals surface area contributed by atoms with Gasteiger partial charge in [-0.3, -0.25) is 4.98 Å². The molecule has 1 heterocycles. The summed E-state index contributed by atoms with van der Waals surface area (Å²) in [4.78, 5) is 4.04. The van der Waals surface area contributed by atoms with Gasteiger partial charge in [-0.1, -0.05) is 6.08 Å². The third-order valence-corrected chi connectivity index (χ3v) is 2.05. The van der Waals surface area contributed by atoms with Crippen LogP contribution in [0.2, 0.25) is 0 Å². The van der Waals surface area contributed by atoms with Gasteiger partial charge in [0.2, 0.25) is 0 Å². The van der Waals surface area contributed by atoms with Crippen molar-refractivity contribution in [2.45, 2.75) is 25.7 Å². The Hall–Kier alpha value is -1.31. The summed E-state index contributed by atoms with van der Waals surface area (Å²) in [5.41, 5.74) is 7.79. The second-order valence-corrected chi connectivity index (χ2v) is 3.11. The molecule has 0 saturated heterocycles. The Bertz CT molecular complexity index is 269. The molecule has 1 aromatic rings. The van der Waals surface area contributed by atoms with Crippen LogP contribution in [0.4, 0.5) is 5.69 Å². The van der Waals surface area contributed by atoms with Gasteiger partial charge in [0.1, 0.15) is 0 Å². The molecule has 0 amide bonds. The van der Waals surface area contributed by atoms with Crippen LogP contribution in [0.5, 0.6) is 0 Å². The first kappa shape index (κ1) is 9.78. The maximum atomic E-state index is 5.78. The number of allylic oxidation sites excluding steroid dienone is 1. The molecule has 0 atom stereocenters. The molecule has 0 bridgehead atoms. The third kappa shape index (κ3) is 3.28. The lowest BCUT2D eigenvalue weighted by Gasteiger charge is -2.02. The number of nitrogens with zero attached hydrogens (tertiary/aromatic N) is 1. The van der Waals surface area contributed by atoms with Crippen molar-refractivity contribution in [3.8, 4) is 0 Å². The molecule has 13 heavy (non-hydrogen) atoms. The topological polar surface area (TPSA) is 38.9 Å². The number of aromatic nitrogens is 1. The summed E-state index contributed by atoms with van der Waals surface area (Å²) in [7, 11) is 0. The first-order chi connectivity index (χ1) is 6.34. The van der Waals surface area contributed by atoms with E-state index in [0.717, 1.165) is 30.5 Å². The summed E-state index contributed by atoms with van der Waals surface area (Å²) in [6, 6.07) is 1.85. The Balaban J connectivity index is 2.36. The molecule has 70 valence electrons. The Labute approximate surface area is 79.5 Å².